The van der Waals surface area contributed by atoms with E-state index in [0.29, 0.717) is 12.1 Å². The lowest BCUT2D eigenvalue weighted by Crippen LogP contribution is -2.42. The summed E-state index contributed by atoms with van der Waals surface area (Å²) in [5.41, 5.74) is 0. The van der Waals surface area contributed by atoms with Crippen LogP contribution in [0, 0.1) is 0 Å². The van der Waals surface area contributed by atoms with Crippen LogP contribution in [-0.4, -0.2) is 74.5 Å². The number of hydrogen-bond acceptors (Lipinski definition) is 4. The molecule has 2 aliphatic rings. The average Bonchev–Trinajstić information content (AvgIpc) is 2.40. The topological polar surface area (TPSA) is 24.9 Å². The van der Waals surface area contributed by atoms with Crippen molar-refractivity contribution in [2.45, 2.75) is 38.8 Å². The SMILES string of the molecule is CC(C)N1CCC(OCCN2CCOCC2)CC1. The molecule has 0 spiro atoms. The van der Waals surface area contributed by atoms with Gasteiger partial charge in [0.2, 0.25) is 0 Å². The van der Waals surface area contributed by atoms with Crippen LogP contribution < -0.4 is 0 Å². The predicted molar refractivity (Wildman–Crippen MR) is 72.9 cm³/mol. The fourth-order valence-corrected chi connectivity index (χ4v) is 2.73. The van der Waals surface area contributed by atoms with E-state index in [2.05, 4.69) is 23.6 Å². The molecular weight excluding hydrogens is 228 g/mol. The summed E-state index contributed by atoms with van der Waals surface area (Å²) in [6.45, 7) is 12.8. The van der Waals surface area contributed by atoms with Gasteiger partial charge in [0.25, 0.3) is 0 Å². The molecule has 0 N–H and O–H groups in total. The quantitative estimate of drug-likeness (QED) is 0.738. The largest absolute Gasteiger partial charge is 0.379 e. The molecule has 2 heterocycles. The average molecular weight is 256 g/mol. The van der Waals surface area contributed by atoms with Crippen molar-refractivity contribution in [2.75, 3.05) is 52.5 Å². The summed E-state index contributed by atoms with van der Waals surface area (Å²) >= 11 is 0. The summed E-state index contributed by atoms with van der Waals surface area (Å²) in [6.07, 6.45) is 2.88. The lowest BCUT2D eigenvalue weighted by molar-refractivity contribution is -0.0215. The Hall–Kier alpha value is -0.160. The molecule has 2 fully saturated rings. The first-order valence-corrected chi connectivity index (χ1v) is 7.41. The minimum atomic E-state index is 0.487. The highest BCUT2D eigenvalue weighted by Crippen LogP contribution is 2.15. The van der Waals surface area contributed by atoms with E-state index in [4.69, 9.17) is 9.47 Å². The Morgan fingerprint density at radius 1 is 1.11 bits per heavy atom. The number of hydrogen-bond donors (Lipinski definition) is 0. The Bertz CT molecular complexity index is 222. The van der Waals surface area contributed by atoms with Crippen LogP contribution in [0.1, 0.15) is 26.7 Å². The van der Waals surface area contributed by atoms with Crippen molar-refractivity contribution in [1.82, 2.24) is 9.80 Å². The molecule has 0 saturated carbocycles. The number of ether oxygens (including phenoxy) is 2. The zero-order chi connectivity index (χ0) is 12.8. The third-order valence-electron chi connectivity index (χ3n) is 4.07. The maximum atomic E-state index is 6.00. The zero-order valence-electron chi connectivity index (χ0n) is 11.9. The van der Waals surface area contributed by atoms with E-state index >= 15 is 0 Å². The smallest absolute Gasteiger partial charge is 0.0600 e. The summed E-state index contributed by atoms with van der Waals surface area (Å²) in [4.78, 5) is 4.98. The first-order chi connectivity index (χ1) is 8.75. The Labute approximate surface area is 111 Å². The minimum absolute atomic E-state index is 0.487. The van der Waals surface area contributed by atoms with Gasteiger partial charge in [-0.25, -0.2) is 0 Å². The van der Waals surface area contributed by atoms with Gasteiger partial charge in [0, 0.05) is 38.8 Å². The lowest BCUT2D eigenvalue weighted by Gasteiger charge is -2.35. The van der Waals surface area contributed by atoms with Crippen molar-refractivity contribution in [3.63, 3.8) is 0 Å². The summed E-state index contributed by atoms with van der Waals surface area (Å²) in [5, 5.41) is 0. The van der Waals surface area contributed by atoms with E-state index < -0.39 is 0 Å². The van der Waals surface area contributed by atoms with Crippen LogP contribution in [0.15, 0.2) is 0 Å². The molecule has 106 valence electrons. The van der Waals surface area contributed by atoms with Gasteiger partial charge < -0.3 is 14.4 Å². The van der Waals surface area contributed by atoms with Crippen LogP contribution >= 0.6 is 0 Å². The van der Waals surface area contributed by atoms with E-state index in [1.165, 1.54) is 25.9 Å². The summed E-state index contributed by atoms with van der Waals surface area (Å²) in [7, 11) is 0. The van der Waals surface area contributed by atoms with Crippen LogP contribution in [0.25, 0.3) is 0 Å². The molecule has 4 nitrogen and oxygen atoms in total. The van der Waals surface area contributed by atoms with E-state index in [0.717, 1.165) is 39.5 Å². The van der Waals surface area contributed by atoms with Crippen LogP contribution in [0.2, 0.25) is 0 Å². The number of piperidine rings is 1. The summed E-state index contributed by atoms with van der Waals surface area (Å²) in [5.74, 6) is 0. The van der Waals surface area contributed by atoms with Crippen molar-refractivity contribution in [1.29, 1.82) is 0 Å². The highest BCUT2D eigenvalue weighted by atomic mass is 16.5. The zero-order valence-corrected chi connectivity index (χ0v) is 11.9. The molecule has 0 bridgehead atoms. The van der Waals surface area contributed by atoms with Crippen LogP contribution in [-0.2, 0) is 9.47 Å². The third-order valence-corrected chi connectivity index (χ3v) is 4.07. The standard InChI is InChI=1S/C14H28N2O2/c1-13(2)16-5-3-14(4-6-16)18-12-9-15-7-10-17-11-8-15/h13-14H,3-12H2,1-2H3. The molecule has 0 unspecified atom stereocenters. The molecule has 0 aromatic heterocycles. The Balaban J connectivity index is 1.55. The number of rotatable bonds is 5. The van der Waals surface area contributed by atoms with Gasteiger partial charge in [-0.15, -0.1) is 0 Å². The second-order valence-electron chi connectivity index (χ2n) is 5.65. The molecule has 2 rings (SSSR count). The summed E-state index contributed by atoms with van der Waals surface area (Å²) < 4.78 is 11.3. The van der Waals surface area contributed by atoms with Crippen molar-refractivity contribution in [3.05, 3.63) is 0 Å². The molecular formula is C14H28N2O2. The second kappa shape index (κ2) is 7.43. The van der Waals surface area contributed by atoms with Crippen molar-refractivity contribution >= 4 is 0 Å². The highest BCUT2D eigenvalue weighted by Gasteiger charge is 2.21. The maximum Gasteiger partial charge on any atom is 0.0600 e. The number of nitrogens with zero attached hydrogens (tertiary/aromatic N) is 2. The fraction of sp³-hybridized carbons (Fsp3) is 1.00. The first kappa shape index (κ1) is 14.3. The molecule has 2 saturated heterocycles. The van der Waals surface area contributed by atoms with Crippen molar-refractivity contribution < 1.29 is 9.47 Å². The monoisotopic (exact) mass is 256 g/mol. The molecule has 0 aromatic rings. The molecule has 0 radical (unpaired) electrons. The van der Waals surface area contributed by atoms with Gasteiger partial charge in [0.05, 0.1) is 25.9 Å². The van der Waals surface area contributed by atoms with E-state index in [-0.39, 0.29) is 0 Å². The Morgan fingerprint density at radius 3 is 2.39 bits per heavy atom. The van der Waals surface area contributed by atoms with Crippen LogP contribution in [0.4, 0.5) is 0 Å². The van der Waals surface area contributed by atoms with E-state index in [1.807, 2.05) is 0 Å². The summed E-state index contributed by atoms with van der Waals surface area (Å²) in [6, 6.07) is 0.680. The third kappa shape index (κ3) is 4.50. The minimum Gasteiger partial charge on any atom is -0.379 e. The van der Waals surface area contributed by atoms with Crippen molar-refractivity contribution in [3.8, 4) is 0 Å². The van der Waals surface area contributed by atoms with Crippen LogP contribution in [0.5, 0.6) is 0 Å². The van der Waals surface area contributed by atoms with E-state index in [1.54, 1.807) is 0 Å². The molecule has 4 heteroatoms. The Morgan fingerprint density at radius 2 is 1.78 bits per heavy atom. The van der Waals surface area contributed by atoms with Crippen molar-refractivity contribution in [2.24, 2.45) is 0 Å². The van der Waals surface area contributed by atoms with Gasteiger partial charge in [-0.05, 0) is 26.7 Å². The van der Waals surface area contributed by atoms with Gasteiger partial charge >= 0.3 is 0 Å². The van der Waals surface area contributed by atoms with Gasteiger partial charge in [-0.2, -0.15) is 0 Å². The highest BCUT2D eigenvalue weighted by molar-refractivity contribution is 4.75. The van der Waals surface area contributed by atoms with Crippen LogP contribution in [0.3, 0.4) is 0 Å². The molecule has 0 amide bonds. The first-order valence-electron chi connectivity index (χ1n) is 7.41. The molecule has 18 heavy (non-hydrogen) atoms. The number of likely N-dealkylation sites (tertiary alicyclic amines) is 1. The molecule has 0 atom stereocenters. The number of morpholine rings is 1. The van der Waals surface area contributed by atoms with Gasteiger partial charge in [0.15, 0.2) is 0 Å². The van der Waals surface area contributed by atoms with Gasteiger partial charge in [-0.3, -0.25) is 4.90 Å². The Kier molecular flexibility index (Phi) is 5.89. The lowest BCUT2D eigenvalue weighted by atomic mass is 10.1. The van der Waals surface area contributed by atoms with Gasteiger partial charge in [0.1, 0.15) is 0 Å². The predicted octanol–water partition coefficient (Wildman–Crippen LogP) is 1.21. The normalized spacial score (nSPS) is 24.8. The van der Waals surface area contributed by atoms with E-state index in [9.17, 15) is 0 Å². The van der Waals surface area contributed by atoms with Gasteiger partial charge in [-0.1, -0.05) is 0 Å². The molecule has 0 aromatic carbocycles. The maximum absolute atomic E-state index is 6.00. The molecule has 0 aliphatic carbocycles. The fourth-order valence-electron chi connectivity index (χ4n) is 2.73. The second-order valence-corrected chi connectivity index (χ2v) is 5.65. The molecule has 2 aliphatic heterocycles.